The fourth-order valence-corrected chi connectivity index (χ4v) is 3.73. The molecule has 0 aliphatic carbocycles. The van der Waals surface area contributed by atoms with Crippen LogP contribution in [0.15, 0.2) is 24.3 Å². The Balaban J connectivity index is 1.45. The van der Waals surface area contributed by atoms with Crippen molar-refractivity contribution in [3.8, 4) is 5.75 Å². The molecule has 0 aromatic heterocycles. The average Bonchev–Trinajstić information content (AvgIpc) is 3.15. The summed E-state index contributed by atoms with van der Waals surface area (Å²) < 4.78 is 10.7. The summed E-state index contributed by atoms with van der Waals surface area (Å²) in [7, 11) is 1.67. The van der Waals surface area contributed by atoms with Gasteiger partial charge in [-0.25, -0.2) is 0 Å². The Bertz CT molecular complexity index is 564. The van der Waals surface area contributed by atoms with Gasteiger partial charge in [-0.3, -0.25) is 9.69 Å². The van der Waals surface area contributed by atoms with Crippen LogP contribution in [-0.4, -0.2) is 68.8 Å². The molecule has 2 aliphatic rings. The van der Waals surface area contributed by atoms with Gasteiger partial charge in [-0.15, -0.1) is 0 Å². The highest BCUT2D eigenvalue weighted by atomic mass is 16.5. The van der Waals surface area contributed by atoms with Crippen molar-refractivity contribution in [2.75, 3.05) is 53.0 Å². The van der Waals surface area contributed by atoms with Crippen LogP contribution >= 0.6 is 0 Å². The molecule has 1 amide bonds. The van der Waals surface area contributed by atoms with E-state index in [0.717, 1.165) is 57.3 Å². The van der Waals surface area contributed by atoms with Crippen molar-refractivity contribution in [2.24, 2.45) is 5.92 Å². The van der Waals surface area contributed by atoms with Gasteiger partial charge in [0.15, 0.2) is 0 Å². The Hall–Kier alpha value is -1.59. The summed E-state index contributed by atoms with van der Waals surface area (Å²) in [4.78, 5) is 17.2. The second-order valence-corrected chi connectivity index (χ2v) is 7.29. The molecule has 0 spiro atoms. The van der Waals surface area contributed by atoms with E-state index in [1.807, 2.05) is 23.1 Å². The van der Waals surface area contributed by atoms with Crippen LogP contribution in [0.25, 0.3) is 0 Å². The Morgan fingerprint density at radius 3 is 2.80 bits per heavy atom. The molecular weight excluding hydrogens is 316 g/mol. The third-order valence-electron chi connectivity index (χ3n) is 5.41. The first-order chi connectivity index (χ1) is 12.2. The fraction of sp³-hybridized carbons (Fsp3) is 0.650. The molecule has 1 aromatic rings. The summed E-state index contributed by atoms with van der Waals surface area (Å²) in [6.45, 7) is 8.69. The van der Waals surface area contributed by atoms with Gasteiger partial charge in [-0.2, -0.15) is 0 Å². The van der Waals surface area contributed by atoms with E-state index in [0.29, 0.717) is 12.3 Å². The number of carbonyl (C=O) groups is 1. The number of rotatable bonds is 6. The molecule has 138 valence electrons. The first kappa shape index (κ1) is 18.2. The van der Waals surface area contributed by atoms with Crippen molar-refractivity contribution in [1.29, 1.82) is 0 Å². The summed E-state index contributed by atoms with van der Waals surface area (Å²) >= 11 is 0. The molecule has 5 heteroatoms. The van der Waals surface area contributed by atoms with Gasteiger partial charge in [0, 0.05) is 45.8 Å². The summed E-state index contributed by atoms with van der Waals surface area (Å²) in [5.74, 6) is 1.99. The topological polar surface area (TPSA) is 42.0 Å². The molecule has 2 fully saturated rings. The molecule has 3 rings (SSSR count). The standard InChI is InChI=1S/C20H30N2O3/c1-16(18-4-3-5-19(13-18)24-2)12-20(23)22-9-7-21(8-10-22)14-17-6-11-25-15-17/h3-5,13,16-17H,6-12,14-15H2,1-2H3/t16-,17-/m1/s1. The number of benzene rings is 1. The van der Waals surface area contributed by atoms with Crippen molar-refractivity contribution < 1.29 is 14.3 Å². The van der Waals surface area contributed by atoms with E-state index in [1.54, 1.807) is 7.11 Å². The molecule has 1 aromatic carbocycles. The van der Waals surface area contributed by atoms with Crippen molar-refractivity contribution in [1.82, 2.24) is 9.80 Å². The van der Waals surface area contributed by atoms with Crippen LogP contribution in [-0.2, 0) is 9.53 Å². The van der Waals surface area contributed by atoms with Gasteiger partial charge in [0.05, 0.1) is 13.7 Å². The molecule has 25 heavy (non-hydrogen) atoms. The highest BCUT2D eigenvalue weighted by Crippen LogP contribution is 2.24. The van der Waals surface area contributed by atoms with Crippen molar-refractivity contribution >= 4 is 5.91 Å². The molecular formula is C20H30N2O3. The van der Waals surface area contributed by atoms with Crippen LogP contribution in [0, 0.1) is 5.92 Å². The number of carbonyl (C=O) groups excluding carboxylic acids is 1. The summed E-state index contributed by atoms with van der Waals surface area (Å²) in [5.41, 5.74) is 1.16. The molecule has 0 radical (unpaired) electrons. The zero-order valence-corrected chi connectivity index (χ0v) is 15.4. The maximum absolute atomic E-state index is 12.6. The summed E-state index contributed by atoms with van der Waals surface area (Å²) in [5, 5.41) is 0. The van der Waals surface area contributed by atoms with Crippen molar-refractivity contribution in [3.05, 3.63) is 29.8 Å². The zero-order chi connectivity index (χ0) is 17.6. The van der Waals surface area contributed by atoms with Crippen LogP contribution in [0.2, 0.25) is 0 Å². The third-order valence-corrected chi connectivity index (χ3v) is 5.41. The van der Waals surface area contributed by atoms with E-state index in [4.69, 9.17) is 9.47 Å². The number of hydrogen-bond donors (Lipinski definition) is 0. The molecule has 0 N–H and O–H groups in total. The average molecular weight is 346 g/mol. The highest BCUT2D eigenvalue weighted by molar-refractivity contribution is 5.77. The monoisotopic (exact) mass is 346 g/mol. The predicted octanol–water partition coefficient (Wildman–Crippen LogP) is 2.37. The Morgan fingerprint density at radius 1 is 1.32 bits per heavy atom. The lowest BCUT2D eigenvalue weighted by molar-refractivity contribution is -0.133. The maximum atomic E-state index is 12.6. The lowest BCUT2D eigenvalue weighted by atomic mass is 9.97. The third kappa shape index (κ3) is 4.95. The van der Waals surface area contributed by atoms with Gasteiger partial charge in [0.2, 0.25) is 5.91 Å². The molecule has 2 heterocycles. The smallest absolute Gasteiger partial charge is 0.223 e. The maximum Gasteiger partial charge on any atom is 0.223 e. The lowest BCUT2D eigenvalue weighted by Crippen LogP contribution is -2.50. The van der Waals surface area contributed by atoms with Gasteiger partial charge in [0.1, 0.15) is 5.75 Å². The van der Waals surface area contributed by atoms with Gasteiger partial charge in [-0.1, -0.05) is 19.1 Å². The normalized spacial score (nSPS) is 22.8. The molecule has 0 bridgehead atoms. The Kier molecular flexibility index (Phi) is 6.32. The molecule has 5 nitrogen and oxygen atoms in total. The Morgan fingerprint density at radius 2 is 2.12 bits per heavy atom. The SMILES string of the molecule is COc1cccc([C@H](C)CC(=O)N2CCN(C[C@H]3CCOC3)CC2)c1. The van der Waals surface area contributed by atoms with E-state index in [2.05, 4.69) is 17.9 Å². The molecule has 2 saturated heterocycles. The second-order valence-electron chi connectivity index (χ2n) is 7.29. The molecule has 2 atom stereocenters. The van der Waals surface area contributed by atoms with Crippen LogP contribution < -0.4 is 4.74 Å². The minimum atomic E-state index is 0.205. The molecule has 2 aliphatic heterocycles. The number of nitrogens with zero attached hydrogens (tertiary/aromatic N) is 2. The van der Waals surface area contributed by atoms with Gasteiger partial charge in [-0.05, 0) is 36.0 Å². The zero-order valence-electron chi connectivity index (χ0n) is 15.4. The van der Waals surface area contributed by atoms with Crippen LogP contribution in [0.4, 0.5) is 0 Å². The van der Waals surface area contributed by atoms with Crippen LogP contribution in [0.5, 0.6) is 5.75 Å². The van der Waals surface area contributed by atoms with Crippen LogP contribution in [0.1, 0.15) is 31.2 Å². The van der Waals surface area contributed by atoms with E-state index in [1.165, 1.54) is 6.42 Å². The van der Waals surface area contributed by atoms with Crippen molar-refractivity contribution in [2.45, 2.75) is 25.7 Å². The Labute approximate surface area is 150 Å². The van der Waals surface area contributed by atoms with E-state index in [-0.39, 0.29) is 11.8 Å². The lowest BCUT2D eigenvalue weighted by Gasteiger charge is -2.36. The largest absolute Gasteiger partial charge is 0.497 e. The number of amides is 1. The van der Waals surface area contributed by atoms with Gasteiger partial charge < -0.3 is 14.4 Å². The minimum Gasteiger partial charge on any atom is -0.497 e. The predicted molar refractivity (Wildman–Crippen MR) is 98.0 cm³/mol. The number of methoxy groups -OCH3 is 1. The van der Waals surface area contributed by atoms with E-state index in [9.17, 15) is 4.79 Å². The first-order valence-electron chi connectivity index (χ1n) is 9.37. The molecule has 0 saturated carbocycles. The number of hydrogen-bond acceptors (Lipinski definition) is 4. The van der Waals surface area contributed by atoms with Gasteiger partial charge in [0.25, 0.3) is 0 Å². The minimum absolute atomic E-state index is 0.205. The summed E-state index contributed by atoms with van der Waals surface area (Å²) in [6, 6.07) is 8.02. The first-order valence-corrected chi connectivity index (χ1v) is 9.37. The highest BCUT2D eigenvalue weighted by Gasteiger charge is 2.25. The van der Waals surface area contributed by atoms with Crippen LogP contribution in [0.3, 0.4) is 0 Å². The quantitative estimate of drug-likeness (QED) is 0.793. The summed E-state index contributed by atoms with van der Waals surface area (Å²) in [6.07, 6.45) is 1.74. The second kappa shape index (κ2) is 8.68. The molecule has 0 unspecified atom stereocenters. The van der Waals surface area contributed by atoms with Gasteiger partial charge >= 0.3 is 0 Å². The fourth-order valence-electron chi connectivity index (χ4n) is 3.73. The number of ether oxygens (including phenoxy) is 2. The van der Waals surface area contributed by atoms with E-state index < -0.39 is 0 Å². The van der Waals surface area contributed by atoms with E-state index >= 15 is 0 Å². The number of piperazine rings is 1. The van der Waals surface area contributed by atoms with Crippen molar-refractivity contribution in [3.63, 3.8) is 0 Å².